The van der Waals surface area contributed by atoms with Gasteiger partial charge in [0.1, 0.15) is 0 Å². The van der Waals surface area contributed by atoms with Gasteiger partial charge in [0.05, 0.1) is 13.1 Å². The number of nitrogens with zero attached hydrogens (tertiary/aromatic N) is 3. The maximum atomic E-state index is 10.9. The Labute approximate surface area is 122 Å². The summed E-state index contributed by atoms with van der Waals surface area (Å²) in [5.74, 6) is 0.166. The Kier molecular flexibility index (Phi) is 3.70. The van der Waals surface area contributed by atoms with Crippen molar-refractivity contribution >= 4 is 5.97 Å². The minimum atomic E-state index is -0.829. The highest BCUT2D eigenvalue weighted by molar-refractivity contribution is 5.69. The lowest BCUT2D eigenvalue weighted by Gasteiger charge is -2.16. The lowest BCUT2D eigenvalue weighted by Crippen LogP contribution is -2.31. The van der Waals surface area contributed by atoms with Gasteiger partial charge in [-0.1, -0.05) is 22.9 Å². The molecule has 0 unspecified atom stereocenters. The van der Waals surface area contributed by atoms with Gasteiger partial charge >= 0.3 is 5.97 Å². The molecule has 1 aromatic heterocycles. The van der Waals surface area contributed by atoms with Gasteiger partial charge in [0.2, 0.25) is 0 Å². The van der Waals surface area contributed by atoms with Gasteiger partial charge in [0.25, 0.3) is 5.89 Å². The van der Waals surface area contributed by atoms with E-state index in [-0.39, 0.29) is 6.54 Å². The highest BCUT2D eigenvalue weighted by Crippen LogP contribution is 2.28. The molecule has 1 aliphatic carbocycles. The Morgan fingerprint density at radius 3 is 2.71 bits per heavy atom. The Hall–Kier alpha value is -2.21. The van der Waals surface area contributed by atoms with Crippen molar-refractivity contribution in [3.05, 3.63) is 35.7 Å². The van der Waals surface area contributed by atoms with Gasteiger partial charge in [-0.2, -0.15) is 4.98 Å². The van der Waals surface area contributed by atoms with Crippen molar-refractivity contribution in [1.82, 2.24) is 15.0 Å². The third-order valence-electron chi connectivity index (χ3n) is 3.51. The molecule has 0 radical (unpaired) electrons. The first-order chi connectivity index (χ1) is 10.1. The van der Waals surface area contributed by atoms with Gasteiger partial charge < -0.3 is 9.63 Å². The largest absolute Gasteiger partial charge is 0.480 e. The molecule has 0 aliphatic heterocycles. The number of carbonyl (C=O) groups is 1. The first-order valence-corrected chi connectivity index (χ1v) is 6.97. The average molecular weight is 287 g/mol. The van der Waals surface area contributed by atoms with E-state index in [2.05, 4.69) is 10.1 Å². The van der Waals surface area contributed by atoms with Crippen molar-refractivity contribution in [3.63, 3.8) is 0 Å². The van der Waals surface area contributed by atoms with Gasteiger partial charge in [-0.25, -0.2) is 0 Å². The Morgan fingerprint density at radius 1 is 1.38 bits per heavy atom. The maximum absolute atomic E-state index is 10.9. The predicted octanol–water partition coefficient (Wildman–Crippen LogP) is 2.09. The quantitative estimate of drug-likeness (QED) is 0.876. The summed E-state index contributed by atoms with van der Waals surface area (Å²) in [6.45, 7) is 2.44. The van der Waals surface area contributed by atoms with E-state index >= 15 is 0 Å². The molecule has 21 heavy (non-hydrogen) atoms. The van der Waals surface area contributed by atoms with Crippen LogP contribution < -0.4 is 0 Å². The molecular formula is C15H17N3O3. The molecule has 0 spiro atoms. The van der Waals surface area contributed by atoms with Crippen molar-refractivity contribution in [2.45, 2.75) is 32.4 Å². The third-order valence-corrected chi connectivity index (χ3v) is 3.51. The lowest BCUT2D eigenvalue weighted by atomic mass is 10.1. The maximum Gasteiger partial charge on any atom is 0.317 e. The van der Waals surface area contributed by atoms with Crippen LogP contribution in [-0.2, 0) is 11.3 Å². The van der Waals surface area contributed by atoms with Crippen LogP contribution in [0.3, 0.4) is 0 Å². The summed E-state index contributed by atoms with van der Waals surface area (Å²) in [6, 6.07) is 8.17. The molecule has 1 aliphatic rings. The monoisotopic (exact) mass is 287 g/mol. The van der Waals surface area contributed by atoms with Crippen molar-refractivity contribution in [2.75, 3.05) is 6.54 Å². The number of aliphatic carboxylic acids is 1. The average Bonchev–Trinajstić information content (AvgIpc) is 3.19. The number of aromatic nitrogens is 2. The smallest absolute Gasteiger partial charge is 0.317 e. The summed E-state index contributed by atoms with van der Waals surface area (Å²) >= 11 is 0. The van der Waals surface area contributed by atoms with Crippen molar-refractivity contribution in [2.24, 2.45) is 0 Å². The highest BCUT2D eigenvalue weighted by atomic mass is 16.5. The zero-order valence-electron chi connectivity index (χ0n) is 11.8. The topological polar surface area (TPSA) is 79.5 Å². The van der Waals surface area contributed by atoms with E-state index in [1.54, 1.807) is 0 Å². The Balaban J connectivity index is 1.72. The molecule has 0 bridgehead atoms. The van der Waals surface area contributed by atoms with Crippen LogP contribution in [-0.4, -0.2) is 38.7 Å². The van der Waals surface area contributed by atoms with Crippen molar-refractivity contribution < 1.29 is 14.4 Å². The van der Waals surface area contributed by atoms with E-state index in [1.807, 2.05) is 36.1 Å². The highest BCUT2D eigenvalue weighted by Gasteiger charge is 2.31. The standard InChI is InChI=1S/C15H17N3O3/c1-10-2-4-11(5-3-10)15-16-13(17-21-15)8-18(9-14(19)20)12-6-7-12/h2-5,12H,6-9H2,1H3,(H,19,20). The Morgan fingerprint density at radius 2 is 2.10 bits per heavy atom. The van der Waals surface area contributed by atoms with Gasteiger partial charge in [-0.15, -0.1) is 0 Å². The fraction of sp³-hybridized carbons (Fsp3) is 0.400. The fourth-order valence-electron chi connectivity index (χ4n) is 2.24. The predicted molar refractivity (Wildman–Crippen MR) is 75.5 cm³/mol. The first kappa shape index (κ1) is 13.8. The van der Waals surface area contributed by atoms with E-state index in [9.17, 15) is 4.79 Å². The van der Waals surface area contributed by atoms with Crippen LogP contribution >= 0.6 is 0 Å². The van der Waals surface area contributed by atoms with Gasteiger partial charge in [-0.05, 0) is 31.9 Å². The van der Waals surface area contributed by atoms with E-state index in [0.717, 1.165) is 18.4 Å². The number of carboxylic acid groups (broad SMARTS) is 1. The minimum absolute atomic E-state index is 0.0130. The molecule has 2 aromatic rings. The molecule has 110 valence electrons. The Bertz CT molecular complexity index is 632. The molecule has 0 atom stereocenters. The van der Waals surface area contributed by atoms with Crippen LogP contribution in [0.15, 0.2) is 28.8 Å². The van der Waals surface area contributed by atoms with Crippen molar-refractivity contribution in [3.8, 4) is 11.5 Å². The molecular weight excluding hydrogens is 270 g/mol. The number of rotatable bonds is 6. The summed E-state index contributed by atoms with van der Waals surface area (Å²) < 4.78 is 5.26. The summed E-state index contributed by atoms with van der Waals surface area (Å²) in [4.78, 5) is 17.1. The van der Waals surface area contributed by atoms with Crippen LogP contribution in [0.25, 0.3) is 11.5 Å². The van der Waals surface area contributed by atoms with Crippen molar-refractivity contribution in [1.29, 1.82) is 0 Å². The molecule has 0 amide bonds. The van der Waals surface area contributed by atoms with E-state index in [1.165, 1.54) is 5.56 Å². The second kappa shape index (κ2) is 5.65. The van der Waals surface area contributed by atoms with Gasteiger partial charge in [0, 0.05) is 11.6 Å². The van der Waals surface area contributed by atoms with E-state index < -0.39 is 5.97 Å². The summed E-state index contributed by atoms with van der Waals surface area (Å²) in [6.07, 6.45) is 2.08. The van der Waals surface area contributed by atoms with E-state index in [0.29, 0.717) is 24.3 Å². The lowest BCUT2D eigenvalue weighted by molar-refractivity contribution is -0.138. The molecule has 0 saturated heterocycles. The molecule has 1 aromatic carbocycles. The number of carboxylic acids is 1. The van der Waals surface area contributed by atoms with Crippen LogP contribution in [0.1, 0.15) is 24.2 Å². The first-order valence-electron chi connectivity index (χ1n) is 6.97. The summed E-state index contributed by atoms with van der Waals surface area (Å²) in [5, 5.41) is 12.9. The number of aryl methyl sites for hydroxylation is 1. The van der Waals surface area contributed by atoms with Crippen LogP contribution in [0, 0.1) is 6.92 Å². The molecule has 6 heteroatoms. The van der Waals surface area contributed by atoms with Crippen LogP contribution in [0.5, 0.6) is 0 Å². The normalized spacial score (nSPS) is 14.6. The molecule has 1 saturated carbocycles. The number of benzene rings is 1. The molecule has 1 heterocycles. The number of hydrogen-bond acceptors (Lipinski definition) is 5. The number of hydrogen-bond donors (Lipinski definition) is 1. The molecule has 1 N–H and O–H groups in total. The van der Waals surface area contributed by atoms with Crippen LogP contribution in [0.4, 0.5) is 0 Å². The van der Waals surface area contributed by atoms with Gasteiger partial charge in [0.15, 0.2) is 5.82 Å². The molecule has 3 rings (SSSR count). The summed E-state index contributed by atoms with van der Waals surface area (Å²) in [5.41, 5.74) is 2.04. The molecule has 1 fully saturated rings. The minimum Gasteiger partial charge on any atom is -0.480 e. The summed E-state index contributed by atoms with van der Waals surface area (Å²) in [7, 11) is 0. The molecule has 6 nitrogen and oxygen atoms in total. The zero-order chi connectivity index (χ0) is 14.8. The van der Waals surface area contributed by atoms with Gasteiger partial charge in [-0.3, -0.25) is 9.69 Å². The SMILES string of the molecule is Cc1ccc(-c2nc(CN(CC(=O)O)C3CC3)no2)cc1. The second-order valence-electron chi connectivity index (χ2n) is 5.41. The van der Waals surface area contributed by atoms with Crippen LogP contribution in [0.2, 0.25) is 0 Å². The second-order valence-corrected chi connectivity index (χ2v) is 5.41. The van der Waals surface area contributed by atoms with E-state index in [4.69, 9.17) is 9.63 Å². The zero-order valence-corrected chi connectivity index (χ0v) is 11.8. The third kappa shape index (κ3) is 3.46. The fourth-order valence-corrected chi connectivity index (χ4v) is 2.24.